The highest BCUT2D eigenvalue weighted by Crippen LogP contribution is 2.33. The van der Waals surface area contributed by atoms with Crippen LogP contribution in [0.5, 0.6) is 0 Å². The molecule has 166 valence electrons. The van der Waals surface area contributed by atoms with Crippen LogP contribution in [0.15, 0.2) is 54.9 Å². The molecule has 32 heavy (non-hydrogen) atoms. The van der Waals surface area contributed by atoms with E-state index in [1.165, 1.54) is 5.56 Å². The van der Waals surface area contributed by atoms with Gasteiger partial charge < -0.3 is 10.2 Å². The Hall–Kier alpha value is -2.96. The minimum atomic E-state index is 0.125. The molecule has 0 aliphatic carbocycles. The third-order valence-electron chi connectivity index (χ3n) is 4.98. The van der Waals surface area contributed by atoms with E-state index in [1.807, 2.05) is 30.3 Å². The summed E-state index contributed by atoms with van der Waals surface area (Å²) in [6.45, 7) is 8.17. The fourth-order valence-electron chi connectivity index (χ4n) is 3.52. The number of rotatable bonds is 6. The molecule has 0 saturated carbocycles. The Labute approximate surface area is 194 Å². The number of halogens is 1. The summed E-state index contributed by atoms with van der Waals surface area (Å²) in [4.78, 5) is 16.4. The number of hydrogen-bond donors (Lipinski definition) is 1. The Morgan fingerprint density at radius 3 is 2.47 bits per heavy atom. The minimum absolute atomic E-state index is 0.125. The molecule has 0 atom stereocenters. The van der Waals surface area contributed by atoms with Gasteiger partial charge in [-0.2, -0.15) is 0 Å². The molecule has 4 aromatic rings. The number of hydrogen-bond acceptors (Lipinski definition) is 5. The Bertz CT molecular complexity index is 1220. The zero-order valence-corrected chi connectivity index (χ0v) is 20.0. The first-order valence-corrected chi connectivity index (χ1v) is 11.1. The summed E-state index contributed by atoms with van der Waals surface area (Å²) >= 11 is 6.14. The van der Waals surface area contributed by atoms with E-state index in [9.17, 15) is 0 Å². The predicted molar refractivity (Wildman–Crippen MR) is 132 cm³/mol. The van der Waals surface area contributed by atoms with Gasteiger partial charge in [0.1, 0.15) is 5.65 Å². The van der Waals surface area contributed by atoms with Crippen molar-refractivity contribution in [1.29, 1.82) is 0 Å². The van der Waals surface area contributed by atoms with Gasteiger partial charge in [-0.05, 0) is 55.4 Å². The SMILES string of the molecule is CN(C)Cc1ccn2c(-c3ccnc(NCC(C)(C)C)n3)c(-c3ccc(Cl)cc3)nc2c1. The molecule has 3 heterocycles. The average molecular weight is 449 g/mol. The Morgan fingerprint density at radius 2 is 1.78 bits per heavy atom. The highest BCUT2D eigenvalue weighted by molar-refractivity contribution is 6.30. The Morgan fingerprint density at radius 1 is 1.03 bits per heavy atom. The van der Waals surface area contributed by atoms with Crippen LogP contribution >= 0.6 is 11.6 Å². The second kappa shape index (κ2) is 8.88. The van der Waals surface area contributed by atoms with Crippen LogP contribution in [0.2, 0.25) is 5.02 Å². The molecule has 4 rings (SSSR count). The zero-order valence-electron chi connectivity index (χ0n) is 19.2. The van der Waals surface area contributed by atoms with Crippen LogP contribution in [-0.2, 0) is 6.54 Å². The number of pyridine rings is 1. The highest BCUT2D eigenvalue weighted by atomic mass is 35.5. The monoisotopic (exact) mass is 448 g/mol. The number of imidazole rings is 1. The molecule has 3 aromatic heterocycles. The van der Waals surface area contributed by atoms with Gasteiger partial charge >= 0.3 is 0 Å². The van der Waals surface area contributed by atoms with Crippen LogP contribution in [0.1, 0.15) is 26.3 Å². The van der Waals surface area contributed by atoms with Crippen molar-refractivity contribution in [3.63, 3.8) is 0 Å². The summed E-state index contributed by atoms with van der Waals surface area (Å²) in [5.74, 6) is 0.610. The normalized spacial score (nSPS) is 12.0. The smallest absolute Gasteiger partial charge is 0.223 e. The molecule has 0 radical (unpaired) electrons. The van der Waals surface area contributed by atoms with Crippen LogP contribution in [-0.4, -0.2) is 44.9 Å². The van der Waals surface area contributed by atoms with Crippen molar-refractivity contribution in [3.8, 4) is 22.6 Å². The van der Waals surface area contributed by atoms with Crippen molar-refractivity contribution in [1.82, 2.24) is 24.3 Å². The number of nitrogens with zero attached hydrogens (tertiary/aromatic N) is 5. The molecule has 7 heteroatoms. The summed E-state index contributed by atoms with van der Waals surface area (Å²) < 4.78 is 2.10. The van der Waals surface area contributed by atoms with Crippen molar-refractivity contribution in [2.45, 2.75) is 27.3 Å². The first kappa shape index (κ1) is 22.2. The summed E-state index contributed by atoms with van der Waals surface area (Å²) in [6, 6.07) is 13.9. The third kappa shape index (κ3) is 5.09. The minimum Gasteiger partial charge on any atom is -0.354 e. The van der Waals surface area contributed by atoms with E-state index in [-0.39, 0.29) is 5.41 Å². The maximum atomic E-state index is 6.14. The quantitative estimate of drug-likeness (QED) is 0.414. The van der Waals surface area contributed by atoms with Gasteiger partial charge in [0.25, 0.3) is 0 Å². The first-order valence-electron chi connectivity index (χ1n) is 10.7. The standard InChI is InChI=1S/C25H29ClN6/c1-25(2,3)16-28-24-27-12-10-20(29-24)23-22(18-6-8-19(26)9-7-18)30-21-14-17(15-31(4)5)11-13-32(21)23/h6-14H,15-16H2,1-5H3,(H,27,28,29). The number of anilines is 1. The van der Waals surface area contributed by atoms with Gasteiger partial charge in [-0.3, -0.25) is 4.40 Å². The van der Waals surface area contributed by atoms with Crippen LogP contribution in [0.25, 0.3) is 28.3 Å². The van der Waals surface area contributed by atoms with E-state index in [0.717, 1.165) is 41.4 Å². The van der Waals surface area contributed by atoms with E-state index < -0.39 is 0 Å². The number of fused-ring (bicyclic) bond motifs is 1. The number of benzene rings is 1. The molecule has 1 aromatic carbocycles. The molecule has 6 nitrogen and oxygen atoms in total. The summed E-state index contributed by atoms with van der Waals surface area (Å²) in [7, 11) is 4.13. The van der Waals surface area contributed by atoms with Crippen molar-refractivity contribution in [3.05, 3.63) is 65.4 Å². The summed E-state index contributed by atoms with van der Waals surface area (Å²) in [5.41, 5.74) is 5.81. The lowest BCUT2D eigenvalue weighted by Gasteiger charge is -2.18. The topological polar surface area (TPSA) is 58.4 Å². The van der Waals surface area contributed by atoms with Crippen molar-refractivity contribution < 1.29 is 0 Å². The predicted octanol–water partition coefficient (Wildman–Crippen LogP) is 5.63. The van der Waals surface area contributed by atoms with Gasteiger partial charge in [-0.25, -0.2) is 15.0 Å². The lowest BCUT2D eigenvalue weighted by molar-refractivity contribution is 0.402. The highest BCUT2D eigenvalue weighted by Gasteiger charge is 2.19. The molecule has 0 fully saturated rings. The van der Waals surface area contributed by atoms with Crippen molar-refractivity contribution in [2.24, 2.45) is 5.41 Å². The molecular formula is C25H29ClN6. The summed E-state index contributed by atoms with van der Waals surface area (Å²) in [5, 5.41) is 4.05. The average Bonchev–Trinajstić information content (AvgIpc) is 3.11. The van der Waals surface area contributed by atoms with Gasteiger partial charge in [0, 0.05) is 36.1 Å². The van der Waals surface area contributed by atoms with Gasteiger partial charge in [-0.1, -0.05) is 44.5 Å². The Kier molecular flexibility index (Phi) is 6.17. The fraction of sp³-hybridized carbons (Fsp3) is 0.320. The third-order valence-corrected chi connectivity index (χ3v) is 5.23. The first-order chi connectivity index (χ1) is 15.2. The van der Waals surface area contributed by atoms with Gasteiger partial charge in [0.15, 0.2) is 0 Å². The fourth-order valence-corrected chi connectivity index (χ4v) is 3.65. The lowest BCUT2D eigenvalue weighted by Crippen LogP contribution is -2.20. The molecular weight excluding hydrogens is 420 g/mol. The van der Waals surface area contributed by atoms with Crippen LogP contribution < -0.4 is 5.32 Å². The van der Waals surface area contributed by atoms with Gasteiger partial charge in [0.2, 0.25) is 5.95 Å². The van der Waals surface area contributed by atoms with Crippen molar-refractivity contribution in [2.75, 3.05) is 26.0 Å². The molecule has 0 aliphatic rings. The molecule has 0 unspecified atom stereocenters. The molecule has 0 bridgehead atoms. The van der Waals surface area contributed by atoms with E-state index in [2.05, 4.69) is 72.8 Å². The maximum absolute atomic E-state index is 6.14. The van der Waals surface area contributed by atoms with Gasteiger partial charge in [0.05, 0.1) is 17.1 Å². The van der Waals surface area contributed by atoms with Gasteiger partial charge in [-0.15, -0.1) is 0 Å². The van der Waals surface area contributed by atoms with Crippen molar-refractivity contribution >= 4 is 23.2 Å². The summed E-state index contributed by atoms with van der Waals surface area (Å²) in [6.07, 6.45) is 3.86. The van der Waals surface area contributed by atoms with Crippen LogP contribution in [0.3, 0.4) is 0 Å². The molecule has 0 saturated heterocycles. The van der Waals surface area contributed by atoms with Crippen LogP contribution in [0.4, 0.5) is 5.95 Å². The van der Waals surface area contributed by atoms with E-state index >= 15 is 0 Å². The molecule has 0 amide bonds. The largest absolute Gasteiger partial charge is 0.354 e. The molecule has 0 spiro atoms. The van der Waals surface area contributed by atoms with Crippen LogP contribution in [0, 0.1) is 5.41 Å². The lowest BCUT2D eigenvalue weighted by atomic mass is 9.97. The molecule has 0 aliphatic heterocycles. The molecule has 1 N–H and O–H groups in total. The van der Waals surface area contributed by atoms with E-state index in [1.54, 1.807) is 6.20 Å². The number of aromatic nitrogens is 4. The second-order valence-electron chi connectivity index (χ2n) is 9.50. The zero-order chi connectivity index (χ0) is 22.9. The van der Waals surface area contributed by atoms with E-state index in [0.29, 0.717) is 11.0 Å². The maximum Gasteiger partial charge on any atom is 0.223 e. The Balaban J connectivity index is 1.85. The number of nitrogens with one attached hydrogen (secondary N) is 1. The second-order valence-corrected chi connectivity index (χ2v) is 9.93. The van der Waals surface area contributed by atoms with E-state index in [4.69, 9.17) is 21.6 Å².